The Balaban J connectivity index is 0.000000640. The number of alkyl halides is 1. The average Bonchev–Trinajstić information content (AvgIpc) is 1.64. The fourth-order valence-corrected chi connectivity index (χ4v) is 1.47. The van der Waals surface area contributed by atoms with Gasteiger partial charge in [-0.25, -0.2) is 0 Å². The van der Waals surface area contributed by atoms with E-state index in [0.717, 1.165) is 11.8 Å². The molecule has 1 saturated heterocycles. The Morgan fingerprint density at radius 3 is 2.44 bits per heavy atom. The Morgan fingerprint density at radius 2 is 2.11 bits per heavy atom. The van der Waals surface area contributed by atoms with E-state index in [1.165, 1.54) is 19.5 Å². The number of hydrogen-bond acceptors (Lipinski definition) is 1. The SMILES string of the molecule is CN1CC(CCCl)C1.Cl. The summed E-state index contributed by atoms with van der Waals surface area (Å²) in [4.78, 5) is 2.32. The molecule has 0 atom stereocenters. The van der Waals surface area contributed by atoms with Gasteiger partial charge in [-0.2, -0.15) is 0 Å². The number of rotatable bonds is 2. The molecule has 0 N–H and O–H groups in total. The molecule has 0 spiro atoms. The van der Waals surface area contributed by atoms with E-state index in [9.17, 15) is 0 Å². The molecule has 0 aromatic heterocycles. The first kappa shape index (κ1) is 9.54. The third kappa shape index (κ3) is 2.74. The summed E-state index contributed by atoms with van der Waals surface area (Å²) in [5.41, 5.74) is 0. The van der Waals surface area contributed by atoms with Gasteiger partial charge in [0, 0.05) is 19.0 Å². The second kappa shape index (κ2) is 4.37. The molecule has 1 fully saturated rings. The summed E-state index contributed by atoms with van der Waals surface area (Å²) >= 11 is 5.54. The third-order valence-electron chi connectivity index (χ3n) is 1.66. The van der Waals surface area contributed by atoms with Crippen molar-refractivity contribution < 1.29 is 0 Å². The van der Waals surface area contributed by atoms with Gasteiger partial charge in [-0.15, -0.1) is 24.0 Å². The number of nitrogens with zero attached hydrogens (tertiary/aromatic N) is 1. The zero-order valence-electron chi connectivity index (χ0n) is 5.64. The van der Waals surface area contributed by atoms with Crippen LogP contribution in [0.5, 0.6) is 0 Å². The molecule has 1 aliphatic heterocycles. The van der Waals surface area contributed by atoms with Crippen LogP contribution in [0.4, 0.5) is 0 Å². The van der Waals surface area contributed by atoms with Gasteiger partial charge < -0.3 is 4.90 Å². The fourth-order valence-electron chi connectivity index (χ4n) is 1.16. The number of likely N-dealkylation sites (tertiary alicyclic amines) is 1. The summed E-state index contributed by atoms with van der Waals surface area (Å²) in [6, 6.07) is 0. The molecule has 1 aliphatic rings. The maximum atomic E-state index is 5.54. The second-order valence-corrected chi connectivity index (χ2v) is 2.94. The molecule has 9 heavy (non-hydrogen) atoms. The molecule has 0 aliphatic carbocycles. The predicted octanol–water partition coefficient (Wildman–Crippen LogP) is 1.60. The monoisotopic (exact) mass is 169 g/mol. The van der Waals surface area contributed by atoms with Gasteiger partial charge in [0.15, 0.2) is 0 Å². The summed E-state index contributed by atoms with van der Waals surface area (Å²) < 4.78 is 0. The van der Waals surface area contributed by atoms with E-state index in [0.29, 0.717) is 0 Å². The van der Waals surface area contributed by atoms with Gasteiger partial charge in [-0.3, -0.25) is 0 Å². The topological polar surface area (TPSA) is 3.24 Å². The smallest absolute Gasteiger partial charge is 0.0227 e. The lowest BCUT2D eigenvalue weighted by Crippen LogP contribution is -2.43. The molecule has 0 aromatic carbocycles. The molecule has 56 valence electrons. The fraction of sp³-hybridized carbons (Fsp3) is 1.00. The molecule has 1 heterocycles. The first-order valence-corrected chi connectivity index (χ1v) is 3.61. The van der Waals surface area contributed by atoms with Crippen LogP contribution in [-0.4, -0.2) is 30.9 Å². The average molecular weight is 170 g/mol. The van der Waals surface area contributed by atoms with Gasteiger partial charge >= 0.3 is 0 Å². The van der Waals surface area contributed by atoms with Crippen LogP contribution in [0, 0.1) is 5.92 Å². The Morgan fingerprint density at radius 1 is 1.56 bits per heavy atom. The minimum atomic E-state index is 0. The van der Waals surface area contributed by atoms with Crippen molar-refractivity contribution in [1.29, 1.82) is 0 Å². The van der Waals surface area contributed by atoms with Crippen molar-refractivity contribution in [3.8, 4) is 0 Å². The van der Waals surface area contributed by atoms with Crippen LogP contribution in [0.2, 0.25) is 0 Å². The molecule has 1 rings (SSSR count). The molecule has 3 heteroatoms. The Kier molecular flexibility index (Phi) is 4.63. The molecule has 0 aromatic rings. The predicted molar refractivity (Wildman–Crippen MR) is 43.6 cm³/mol. The van der Waals surface area contributed by atoms with E-state index >= 15 is 0 Å². The summed E-state index contributed by atoms with van der Waals surface area (Å²) in [7, 11) is 2.14. The zero-order chi connectivity index (χ0) is 5.98. The highest BCUT2D eigenvalue weighted by Crippen LogP contribution is 2.16. The number of halogens is 2. The van der Waals surface area contributed by atoms with Crippen molar-refractivity contribution in [3.63, 3.8) is 0 Å². The molecular weight excluding hydrogens is 157 g/mol. The minimum absolute atomic E-state index is 0. The lowest BCUT2D eigenvalue weighted by molar-refractivity contribution is 0.132. The number of hydrogen-bond donors (Lipinski definition) is 0. The van der Waals surface area contributed by atoms with Crippen LogP contribution in [0.15, 0.2) is 0 Å². The van der Waals surface area contributed by atoms with E-state index in [-0.39, 0.29) is 12.4 Å². The summed E-state index contributed by atoms with van der Waals surface area (Å²) in [5, 5.41) is 0. The van der Waals surface area contributed by atoms with E-state index in [1.54, 1.807) is 0 Å². The molecule has 0 unspecified atom stereocenters. The van der Waals surface area contributed by atoms with Crippen molar-refractivity contribution >= 4 is 24.0 Å². The van der Waals surface area contributed by atoms with Crippen LogP contribution in [0.1, 0.15) is 6.42 Å². The molecule has 0 amide bonds. The molecule has 0 saturated carbocycles. The van der Waals surface area contributed by atoms with Gasteiger partial charge in [-0.05, 0) is 19.4 Å². The molecular formula is C6H13Cl2N. The van der Waals surface area contributed by atoms with Crippen molar-refractivity contribution in [2.24, 2.45) is 5.92 Å². The first-order chi connectivity index (χ1) is 3.83. The highest BCUT2D eigenvalue weighted by Gasteiger charge is 2.21. The minimum Gasteiger partial charge on any atom is -0.306 e. The highest BCUT2D eigenvalue weighted by atomic mass is 35.5. The zero-order valence-corrected chi connectivity index (χ0v) is 7.21. The van der Waals surface area contributed by atoms with Crippen LogP contribution < -0.4 is 0 Å². The highest BCUT2D eigenvalue weighted by molar-refractivity contribution is 6.17. The quantitative estimate of drug-likeness (QED) is 0.569. The van der Waals surface area contributed by atoms with Crippen LogP contribution in [0.25, 0.3) is 0 Å². The Bertz CT molecular complexity index is 68.7. The van der Waals surface area contributed by atoms with E-state index in [1.807, 2.05) is 0 Å². The van der Waals surface area contributed by atoms with Crippen LogP contribution in [0.3, 0.4) is 0 Å². The Labute approximate surface area is 67.8 Å². The van der Waals surface area contributed by atoms with Gasteiger partial charge in [-0.1, -0.05) is 0 Å². The van der Waals surface area contributed by atoms with Gasteiger partial charge in [0.25, 0.3) is 0 Å². The maximum Gasteiger partial charge on any atom is 0.0227 e. The molecule has 0 radical (unpaired) electrons. The largest absolute Gasteiger partial charge is 0.306 e. The third-order valence-corrected chi connectivity index (χ3v) is 1.88. The van der Waals surface area contributed by atoms with Crippen molar-refractivity contribution in [3.05, 3.63) is 0 Å². The van der Waals surface area contributed by atoms with Gasteiger partial charge in [0.2, 0.25) is 0 Å². The summed E-state index contributed by atoms with van der Waals surface area (Å²) in [6.45, 7) is 2.51. The van der Waals surface area contributed by atoms with Crippen molar-refractivity contribution in [1.82, 2.24) is 4.90 Å². The van der Waals surface area contributed by atoms with Crippen molar-refractivity contribution in [2.75, 3.05) is 26.0 Å². The summed E-state index contributed by atoms with van der Waals surface area (Å²) in [6.07, 6.45) is 1.20. The Hall–Kier alpha value is 0.540. The summed E-state index contributed by atoms with van der Waals surface area (Å²) in [5.74, 6) is 1.73. The standard InChI is InChI=1S/C6H12ClN.ClH/c1-8-4-6(5-8)2-3-7;/h6H,2-5H2,1H3;1H. The molecule has 0 bridgehead atoms. The van der Waals surface area contributed by atoms with Crippen LogP contribution >= 0.6 is 24.0 Å². The van der Waals surface area contributed by atoms with E-state index < -0.39 is 0 Å². The normalized spacial score (nSPS) is 20.7. The van der Waals surface area contributed by atoms with Gasteiger partial charge in [0.05, 0.1) is 0 Å². The first-order valence-electron chi connectivity index (χ1n) is 3.07. The van der Waals surface area contributed by atoms with Crippen molar-refractivity contribution in [2.45, 2.75) is 6.42 Å². The van der Waals surface area contributed by atoms with E-state index in [4.69, 9.17) is 11.6 Å². The van der Waals surface area contributed by atoms with Crippen LogP contribution in [-0.2, 0) is 0 Å². The maximum absolute atomic E-state index is 5.54. The second-order valence-electron chi connectivity index (χ2n) is 2.56. The van der Waals surface area contributed by atoms with E-state index in [2.05, 4.69) is 11.9 Å². The lowest BCUT2D eigenvalue weighted by atomic mass is 9.99. The molecule has 1 nitrogen and oxygen atoms in total. The van der Waals surface area contributed by atoms with Gasteiger partial charge in [0.1, 0.15) is 0 Å². The lowest BCUT2D eigenvalue weighted by Gasteiger charge is -2.35.